The number of halogens is 2. The Kier molecular flexibility index (Phi) is 3.10. The largest absolute Gasteiger partial charge is 0.377 e. The summed E-state index contributed by atoms with van der Waals surface area (Å²) in [5.41, 5.74) is 1.34. The zero-order valence-electron chi connectivity index (χ0n) is 8.72. The van der Waals surface area contributed by atoms with Gasteiger partial charge in [0.25, 0.3) is 0 Å². The molecule has 3 nitrogen and oxygen atoms in total. The van der Waals surface area contributed by atoms with Gasteiger partial charge in [-0.05, 0) is 25.1 Å². The molecule has 0 saturated heterocycles. The van der Waals surface area contributed by atoms with Crippen molar-refractivity contribution in [2.75, 3.05) is 5.32 Å². The van der Waals surface area contributed by atoms with E-state index in [-0.39, 0.29) is 5.82 Å². The Labute approximate surface area is 97.7 Å². The number of aromatic amines is 1. The molecule has 1 heterocycles. The second-order valence-electron chi connectivity index (χ2n) is 3.47. The fourth-order valence-electron chi connectivity index (χ4n) is 1.38. The summed E-state index contributed by atoms with van der Waals surface area (Å²) in [4.78, 5) is 7.11. The fourth-order valence-corrected chi connectivity index (χ4v) is 1.54. The van der Waals surface area contributed by atoms with E-state index >= 15 is 0 Å². The molecule has 0 unspecified atom stereocenters. The predicted octanol–water partition coefficient (Wildman–Crippen LogP) is 3.12. The number of rotatable bonds is 3. The summed E-state index contributed by atoms with van der Waals surface area (Å²) in [6.45, 7) is 2.37. The number of nitrogens with one attached hydrogen (secondary N) is 2. The quantitative estimate of drug-likeness (QED) is 0.864. The van der Waals surface area contributed by atoms with E-state index in [9.17, 15) is 4.39 Å². The Morgan fingerprint density at radius 3 is 2.94 bits per heavy atom. The minimum atomic E-state index is -0.358. The Bertz CT molecular complexity index is 496. The lowest BCUT2D eigenvalue weighted by Crippen LogP contribution is -2.01. The molecule has 0 amide bonds. The molecule has 0 spiro atoms. The summed E-state index contributed by atoms with van der Waals surface area (Å²) in [5.74, 6) is 0.483. The molecular weight excluding hydrogens is 229 g/mol. The van der Waals surface area contributed by atoms with Crippen molar-refractivity contribution in [3.8, 4) is 0 Å². The number of hydrogen-bond acceptors (Lipinski definition) is 2. The first-order chi connectivity index (χ1) is 7.65. The summed E-state index contributed by atoms with van der Waals surface area (Å²) >= 11 is 5.65. The van der Waals surface area contributed by atoms with E-state index in [4.69, 9.17) is 11.6 Å². The van der Waals surface area contributed by atoms with Crippen LogP contribution >= 0.6 is 11.6 Å². The summed E-state index contributed by atoms with van der Waals surface area (Å²) in [6, 6.07) is 4.54. The highest BCUT2D eigenvalue weighted by atomic mass is 35.5. The highest BCUT2D eigenvalue weighted by Crippen LogP contribution is 2.19. The fraction of sp³-hybridized carbons (Fsp3) is 0.182. The van der Waals surface area contributed by atoms with Gasteiger partial charge in [0.1, 0.15) is 11.6 Å². The third kappa shape index (κ3) is 2.52. The molecular formula is C11H11ClFN3. The van der Waals surface area contributed by atoms with Crippen LogP contribution in [0.4, 0.5) is 10.1 Å². The second-order valence-corrected chi connectivity index (χ2v) is 3.91. The van der Waals surface area contributed by atoms with E-state index in [0.717, 1.165) is 11.5 Å². The van der Waals surface area contributed by atoms with Gasteiger partial charge in [-0.1, -0.05) is 11.6 Å². The summed E-state index contributed by atoms with van der Waals surface area (Å²) in [7, 11) is 0. The van der Waals surface area contributed by atoms with Crippen LogP contribution in [0.5, 0.6) is 0 Å². The van der Waals surface area contributed by atoms with Crippen molar-refractivity contribution >= 4 is 17.3 Å². The summed E-state index contributed by atoms with van der Waals surface area (Å²) < 4.78 is 13.4. The van der Waals surface area contributed by atoms with E-state index in [1.807, 2.05) is 6.92 Å². The molecule has 0 aliphatic rings. The Morgan fingerprint density at radius 1 is 1.50 bits per heavy atom. The second kappa shape index (κ2) is 4.53. The Morgan fingerprint density at radius 2 is 2.31 bits per heavy atom. The van der Waals surface area contributed by atoms with Gasteiger partial charge in [-0.25, -0.2) is 9.37 Å². The molecule has 2 N–H and O–H groups in total. The average molecular weight is 240 g/mol. The maximum atomic E-state index is 13.4. The number of imidazole rings is 1. The van der Waals surface area contributed by atoms with Crippen molar-refractivity contribution < 1.29 is 4.39 Å². The molecule has 0 aliphatic heterocycles. The van der Waals surface area contributed by atoms with Gasteiger partial charge in [-0.15, -0.1) is 0 Å². The molecule has 16 heavy (non-hydrogen) atoms. The van der Waals surface area contributed by atoms with Gasteiger partial charge in [0, 0.05) is 5.02 Å². The molecule has 5 heteroatoms. The molecule has 0 aliphatic carbocycles. The van der Waals surface area contributed by atoms with Crippen molar-refractivity contribution in [1.82, 2.24) is 9.97 Å². The number of nitrogens with zero attached hydrogens (tertiary/aromatic N) is 1. The number of aromatic nitrogens is 2. The number of aryl methyl sites for hydroxylation is 1. The molecule has 1 aromatic heterocycles. The molecule has 0 bridgehead atoms. The monoisotopic (exact) mass is 239 g/mol. The zero-order chi connectivity index (χ0) is 11.5. The normalized spacial score (nSPS) is 10.4. The Hall–Kier alpha value is -1.55. The first-order valence-corrected chi connectivity index (χ1v) is 5.22. The topological polar surface area (TPSA) is 40.7 Å². The minimum absolute atomic E-state index is 0.358. The third-order valence-corrected chi connectivity index (χ3v) is 2.39. The highest BCUT2D eigenvalue weighted by molar-refractivity contribution is 6.30. The average Bonchev–Trinajstić information content (AvgIpc) is 2.63. The lowest BCUT2D eigenvalue weighted by atomic mass is 10.3. The van der Waals surface area contributed by atoms with Gasteiger partial charge in [-0.3, -0.25) is 0 Å². The van der Waals surface area contributed by atoms with E-state index in [0.29, 0.717) is 17.3 Å². The lowest BCUT2D eigenvalue weighted by molar-refractivity contribution is 0.630. The molecule has 2 aromatic rings. The van der Waals surface area contributed by atoms with Crippen molar-refractivity contribution in [2.45, 2.75) is 13.5 Å². The van der Waals surface area contributed by atoms with E-state index in [2.05, 4.69) is 15.3 Å². The van der Waals surface area contributed by atoms with Crippen molar-refractivity contribution in [3.05, 3.63) is 46.8 Å². The molecule has 0 fully saturated rings. The van der Waals surface area contributed by atoms with Crippen LogP contribution in [0.1, 0.15) is 11.5 Å². The molecule has 84 valence electrons. The summed E-state index contributed by atoms with van der Waals surface area (Å²) in [6.07, 6.45) is 1.72. The smallest absolute Gasteiger partial charge is 0.147 e. The van der Waals surface area contributed by atoms with Crippen LogP contribution in [-0.2, 0) is 6.54 Å². The maximum absolute atomic E-state index is 13.4. The van der Waals surface area contributed by atoms with Crippen molar-refractivity contribution in [1.29, 1.82) is 0 Å². The number of hydrogen-bond donors (Lipinski definition) is 2. The highest BCUT2D eigenvalue weighted by Gasteiger charge is 2.03. The number of H-pyrrole nitrogens is 1. The van der Waals surface area contributed by atoms with Gasteiger partial charge < -0.3 is 10.3 Å². The maximum Gasteiger partial charge on any atom is 0.147 e. The molecule has 0 saturated carbocycles. The SMILES string of the molecule is Cc1ncc(CNc2ccc(Cl)cc2F)[nH]1. The minimum Gasteiger partial charge on any atom is -0.377 e. The first-order valence-electron chi connectivity index (χ1n) is 4.84. The van der Waals surface area contributed by atoms with Crippen LogP contribution in [0.3, 0.4) is 0 Å². The molecule has 0 radical (unpaired) electrons. The van der Waals surface area contributed by atoms with Crippen LogP contribution in [0.25, 0.3) is 0 Å². The van der Waals surface area contributed by atoms with Crippen LogP contribution in [-0.4, -0.2) is 9.97 Å². The molecule has 0 atom stereocenters. The molecule has 2 rings (SSSR count). The van der Waals surface area contributed by atoms with Crippen molar-refractivity contribution in [2.24, 2.45) is 0 Å². The molecule has 1 aromatic carbocycles. The van der Waals surface area contributed by atoms with Gasteiger partial charge in [-0.2, -0.15) is 0 Å². The van der Waals surface area contributed by atoms with Crippen molar-refractivity contribution in [3.63, 3.8) is 0 Å². The third-order valence-electron chi connectivity index (χ3n) is 2.16. The van der Waals surface area contributed by atoms with Crippen LogP contribution < -0.4 is 5.32 Å². The van der Waals surface area contributed by atoms with Gasteiger partial charge >= 0.3 is 0 Å². The van der Waals surface area contributed by atoms with Gasteiger partial charge in [0.2, 0.25) is 0 Å². The zero-order valence-corrected chi connectivity index (χ0v) is 9.48. The van der Waals surface area contributed by atoms with E-state index in [1.54, 1.807) is 18.3 Å². The number of anilines is 1. The standard InChI is InChI=1S/C11H11ClFN3/c1-7-14-5-9(16-7)6-15-11-3-2-8(12)4-10(11)13/h2-5,15H,6H2,1H3,(H,14,16). The van der Waals surface area contributed by atoms with E-state index in [1.165, 1.54) is 6.07 Å². The van der Waals surface area contributed by atoms with Gasteiger partial charge in [0.15, 0.2) is 0 Å². The van der Waals surface area contributed by atoms with Crippen LogP contribution in [0.2, 0.25) is 5.02 Å². The Balaban J connectivity index is 2.04. The van der Waals surface area contributed by atoms with Gasteiger partial charge in [0.05, 0.1) is 24.1 Å². The summed E-state index contributed by atoms with van der Waals surface area (Å²) in [5, 5.41) is 3.35. The van der Waals surface area contributed by atoms with E-state index < -0.39 is 0 Å². The lowest BCUT2D eigenvalue weighted by Gasteiger charge is -2.06. The predicted molar refractivity (Wildman–Crippen MR) is 62.1 cm³/mol. The number of benzene rings is 1. The van der Waals surface area contributed by atoms with Crippen LogP contribution in [0, 0.1) is 12.7 Å². The first kappa shape index (κ1) is 11.0. The van der Waals surface area contributed by atoms with Crippen LogP contribution in [0.15, 0.2) is 24.4 Å².